The van der Waals surface area contributed by atoms with Crippen LogP contribution in [0.3, 0.4) is 0 Å². The first-order valence-corrected chi connectivity index (χ1v) is 6.17. The van der Waals surface area contributed by atoms with Crippen molar-refractivity contribution < 1.29 is 5.11 Å². The Bertz CT molecular complexity index is 544. The van der Waals surface area contributed by atoms with Crippen molar-refractivity contribution in [2.75, 3.05) is 0 Å². The Hall–Kier alpha value is -2.09. The Morgan fingerprint density at radius 2 is 1.72 bits per heavy atom. The maximum absolute atomic E-state index is 9.54. The lowest BCUT2D eigenvalue weighted by Gasteiger charge is -2.06. The van der Waals surface area contributed by atoms with Crippen molar-refractivity contribution in [2.24, 2.45) is 0 Å². The van der Waals surface area contributed by atoms with Crippen LogP contribution in [-0.2, 0) is 6.42 Å². The molecule has 0 aromatic heterocycles. The van der Waals surface area contributed by atoms with E-state index in [1.165, 1.54) is 11.8 Å². The molecule has 0 bridgehead atoms. The molecule has 0 aliphatic heterocycles. The Labute approximate surface area is 107 Å². The van der Waals surface area contributed by atoms with Crippen LogP contribution < -0.4 is 0 Å². The van der Waals surface area contributed by atoms with Crippen molar-refractivity contribution in [1.82, 2.24) is 0 Å². The fourth-order valence-electron chi connectivity index (χ4n) is 2.00. The molecule has 18 heavy (non-hydrogen) atoms. The molecule has 0 atom stereocenters. The van der Waals surface area contributed by atoms with Crippen molar-refractivity contribution in [3.8, 4) is 16.9 Å². The van der Waals surface area contributed by atoms with Crippen molar-refractivity contribution in [3.05, 3.63) is 53.6 Å². The molecule has 0 amide bonds. The van der Waals surface area contributed by atoms with Gasteiger partial charge in [-0.15, -0.1) is 0 Å². The van der Waals surface area contributed by atoms with Crippen molar-refractivity contribution in [2.45, 2.75) is 19.8 Å². The predicted octanol–water partition coefficient (Wildman–Crippen LogP) is 4.01. The topological polar surface area (TPSA) is 44.1 Å². The summed E-state index contributed by atoms with van der Waals surface area (Å²) in [4.78, 5) is 0. The normalized spacial score (nSPS) is 10.3. The number of phenolic OH excluding ortho intramolecular Hbond substituents is 1. The van der Waals surface area contributed by atoms with E-state index in [2.05, 4.69) is 31.2 Å². The van der Waals surface area contributed by atoms with E-state index in [4.69, 9.17) is 5.41 Å². The highest BCUT2D eigenvalue weighted by molar-refractivity contribution is 5.84. The predicted molar refractivity (Wildman–Crippen MR) is 75.4 cm³/mol. The molecule has 0 spiro atoms. The summed E-state index contributed by atoms with van der Waals surface area (Å²) in [5.41, 5.74) is 4.02. The van der Waals surface area contributed by atoms with Gasteiger partial charge in [0.2, 0.25) is 0 Å². The molecule has 0 heterocycles. The summed E-state index contributed by atoms with van der Waals surface area (Å²) < 4.78 is 0. The van der Waals surface area contributed by atoms with E-state index < -0.39 is 0 Å². The smallest absolute Gasteiger partial charge is 0.124 e. The van der Waals surface area contributed by atoms with Gasteiger partial charge in [0.1, 0.15) is 5.75 Å². The Balaban J connectivity index is 2.33. The van der Waals surface area contributed by atoms with Gasteiger partial charge in [-0.25, -0.2) is 0 Å². The summed E-state index contributed by atoms with van der Waals surface area (Å²) in [6.07, 6.45) is 3.42. The summed E-state index contributed by atoms with van der Waals surface area (Å²) in [6.45, 7) is 2.17. The largest absolute Gasteiger partial charge is 0.507 e. The van der Waals surface area contributed by atoms with Crippen LogP contribution in [0, 0.1) is 5.41 Å². The second kappa shape index (κ2) is 5.50. The van der Waals surface area contributed by atoms with Crippen LogP contribution in [0.5, 0.6) is 5.75 Å². The minimum Gasteiger partial charge on any atom is -0.507 e. The fourth-order valence-corrected chi connectivity index (χ4v) is 2.00. The van der Waals surface area contributed by atoms with Gasteiger partial charge in [0.25, 0.3) is 0 Å². The highest BCUT2D eigenvalue weighted by Gasteiger charge is 2.02. The fraction of sp³-hybridized carbons (Fsp3) is 0.188. The van der Waals surface area contributed by atoms with Gasteiger partial charge in [-0.3, -0.25) is 0 Å². The van der Waals surface area contributed by atoms with Crippen molar-refractivity contribution >= 4 is 6.21 Å². The van der Waals surface area contributed by atoms with E-state index >= 15 is 0 Å². The maximum Gasteiger partial charge on any atom is 0.124 e. The molecule has 0 aliphatic rings. The minimum atomic E-state index is 0.149. The van der Waals surface area contributed by atoms with Crippen LogP contribution in [0.2, 0.25) is 0 Å². The number of aromatic hydroxyl groups is 1. The lowest BCUT2D eigenvalue weighted by Crippen LogP contribution is -1.86. The molecular weight excluding hydrogens is 222 g/mol. The van der Waals surface area contributed by atoms with Crippen LogP contribution in [0.1, 0.15) is 24.5 Å². The van der Waals surface area contributed by atoms with Crippen molar-refractivity contribution in [3.63, 3.8) is 0 Å². The number of hydrogen-bond donors (Lipinski definition) is 2. The Morgan fingerprint density at radius 3 is 2.33 bits per heavy atom. The lowest BCUT2D eigenvalue weighted by atomic mass is 10.0. The molecule has 0 fully saturated rings. The third kappa shape index (κ3) is 2.59. The van der Waals surface area contributed by atoms with Gasteiger partial charge in [-0.1, -0.05) is 43.7 Å². The number of hydrogen-bond acceptors (Lipinski definition) is 2. The Kier molecular flexibility index (Phi) is 3.78. The standard InChI is InChI=1S/C16H17NO/c1-2-3-12-4-6-13(7-5-12)14-8-9-16(18)15(10-14)11-17/h4-11,17-18H,2-3H2,1H3. The van der Waals surface area contributed by atoms with Gasteiger partial charge in [0, 0.05) is 11.8 Å². The molecule has 0 saturated heterocycles. The highest BCUT2D eigenvalue weighted by atomic mass is 16.3. The van der Waals surface area contributed by atoms with Gasteiger partial charge in [-0.05, 0) is 35.2 Å². The molecule has 2 nitrogen and oxygen atoms in total. The average molecular weight is 239 g/mol. The van der Waals surface area contributed by atoms with Crippen LogP contribution in [0.15, 0.2) is 42.5 Å². The molecule has 2 N–H and O–H groups in total. The van der Waals surface area contributed by atoms with E-state index in [-0.39, 0.29) is 5.75 Å². The quantitative estimate of drug-likeness (QED) is 0.778. The molecule has 2 heteroatoms. The zero-order chi connectivity index (χ0) is 13.0. The first kappa shape index (κ1) is 12.4. The lowest BCUT2D eigenvalue weighted by molar-refractivity contribution is 0.474. The molecule has 2 aromatic carbocycles. The molecule has 0 saturated carbocycles. The number of phenols is 1. The molecular formula is C16H17NO. The summed E-state index contributed by atoms with van der Waals surface area (Å²) in [7, 11) is 0. The highest BCUT2D eigenvalue weighted by Crippen LogP contribution is 2.25. The van der Waals surface area contributed by atoms with Gasteiger partial charge < -0.3 is 10.5 Å². The monoisotopic (exact) mass is 239 g/mol. The first-order chi connectivity index (χ1) is 8.74. The SMILES string of the molecule is CCCc1ccc(-c2ccc(O)c(C=N)c2)cc1. The van der Waals surface area contributed by atoms with Crippen LogP contribution in [-0.4, -0.2) is 11.3 Å². The summed E-state index contributed by atoms with van der Waals surface area (Å²) in [6, 6.07) is 13.8. The van der Waals surface area contributed by atoms with E-state index in [0.717, 1.165) is 24.0 Å². The molecule has 2 rings (SSSR count). The number of aryl methyl sites for hydroxylation is 1. The zero-order valence-electron chi connectivity index (χ0n) is 10.5. The van der Waals surface area contributed by atoms with E-state index in [1.54, 1.807) is 6.07 Å². The van der Waals surface area contributed by atoms with Gasteiger partial charge in [0.15, 0.2) is 0 Å². The summed E-state index contributed by atoms with van der Waals surface area (Å²) in [5.74, 6) is 0.149. The van der Waals surface area contributed by atoms with Gasteiger partial charge >= 0.3 is 0 Å². The third-order valence-corrected chi connectivity index (χ3v) is 3.01. The van der Waals surface area contributed by atoms with E-state index in [0.29, 0.717) is 5.56 Å². The minimum absolute atomic E-state index is 0.149. The number of nitrogens with one attached hydrogen (secondary N) is 1. The zero-order valence-corrected chi connectivity index (χ0v) is 10.5. The molecule has 0 unspecified atom stereocenters. The summed E-state index contributed by atoms with van der Waals surface area (Å²) in [5, 5.41) is 16.8. The molecule has 2 aromatic rings. The molecule has 0 aliphatic carbocycles. The van der Waals surface area contributed by atoms with Crippen LogP contribution in [0.4, 0.5) is 0 Å². The van der Waals surface area contributed by atoms with Crippen LogP contribution >= 0.6 is 0 Å². The number of benzene rings is 2. The van der Waals surface area contributed by atoms with Gasteiger partial charge in [0.05, 0.1) is 0 Å². The first-order valence-electron chi connectivity index (χ1n) is 6.17. The summed E-state index contributed by atoms with van der Waals surface area (Å²) >= 11 is 0. The van der Waals surface area contributed by atoms with Crippen molar-refractivity contribution in [1.29, 1.82) is 5.41 Å². The molecule has 0 radical (unpaired) electrons. The number of rotatable bonds is 4. The Morgan fingerprint density at radius 1 is 1.06 bits per heavy atom. The second-order valence-corrected chi connectivity index (χ2v) is 4.36. The van der Waals surface area contributed by atoms with Gasteiger partial charge in [-0.2, -0.15) is 0 Å². The third-order valence-electron chi connectivity index (χ3n) is 3.01. The maximum atomic E-state index is 9.54. The van der Waals surface area contributed by atoms with Crippen LogP contribution in [0.25, 0.3) is 11.1 Å². The average Bonchev–Trinajstić information content (AvgIpc) is 2.41. The van der Waals surface area contributed by atoms with E-state index in [1.807, 2.05) is 12.1 Å². The second-order valence-electron chi connectivity index (χ2n) is 4.36. The van der Waals surface area contributed by atoms with E-state index in [9.17, 15) is 5.11 Å². The molecule has 92 valence electrons.